The van der Waals surface area contributed by atoms with E-state index in [0.717, 1.165) is 31.4 Å². The smallest absolute Gasteiger partial charge is 0.220 e. The molecule has 0 bridgehead atoms. The first-order valence-corrected chi connectivity index (χ1v) is 8.35. The van der Waals surface area contributed by atoms with Crippen LogP contribution in [0.4, 0.5) is 0 Å². The Morgan fingerprint density at radius 1 is 1.30 bits per heavy atom. The number of carbonyl (C=O) groups excluding carboxylic acids is 1. The fraction of sp³-hybridized carbons (Fsp3) is 0.562. The van der Waals surface area contributed by atoms with Crippen LogP contribution in [0.1, 0.15) is 32.1 Å². The van der Waals surface area contributed by atoms with Gasteiger partial charge in [-0.3, -0.25) is 4.79 Å². The summed E-state index contributed by atoms with van der Waals surface area (Å²) in [7, 11) is 0. The Hall–Kier alpha value is -1.00. The highest BCUT2D eigenvalue weighted by atomic mass is 32.2. The third-order valence-electron chi connectivity index (χ3n) is 3.68. The molecule has 3 nitrogen and oxygen atoms in total. The molecule has 0 radical (unpaired) electrons. The van der Waals surface area contributed by atoms with Crippen LogP contribution in [0.2, 0.25) is 0 Å². The van der Waals surface area contributed by atoms with Gasteiger partial charge < -0.3 is 10.4 Å². The van der Waals surface area contributed by atoms with Crippen molar-refractivity contribution >= 4 is 17.7 Å². The minimum absolute atomic E-state index is 0.119. The summed E-state index contributed by atoms with van der Waals surface area (Å²) < 4.78 is 0. The van der Waals surface area contributed by atoms with E-state index in [-0.39, 0.29) is 12.0 Å². The molecule has 2 unspecified atom stereocenters. The third-order valence-corrected chi connectivity index (χ3v) is 4.70. The Morgan fingerprint density at radius 2 is 2.10 bits per heavy atom. The van der Waals surface area contributed by atoms with Gasteiger partial charge >= 0.3 is 0 Å². The molecule has 0 aromatic heterocycles. The first-order valence-electron chi connectivity index (χ1n) is 7.36. The van der Waals surface area contributed by atoms with Crippen LogP contribution >= 0.6 is 11.8 Å². The van der Waals surface area contributed by atoms with Gasteiger partial charge in [-0.1, -0.05) is 24.6 Å². The van der Waals surface area contributed by atoms with E-state index in [1.54, 1.807) is 11.8 Å². The molecular weight excluding hydrogens is 270 g/mol. The molecule has 1 saturated carbocycles. The number of amides is 1. The van der Waals surface area contributed by atoms with Gasteiger partial charge in [0, 0.05) is 23.6 Å². The topological polar surface area (TPSA) is 49.3 Å². The van der Waals surface area contributed by atoms with E-state index in [0.29, 0.717) is 18.9 Å². The molecule has 2 atom stereocenters. The van der Waals surface area contributed by atoms with E-state index in [9.17, 15) is 9.90 Å². The SMILES string of the molecule is O=C(CCSc1ccccc1)NCC1CCCC(O)C1. The fourth-order valence-corrected chi connectivity index (χ4v) is 3.45. The molecule has 0 heterocycles. The number of aliphatic hydroxyl groups excluding tert-OH is 1. The first-order chi connectivity index (χ1) is 9.74. The van der Waals surface area contributed by atoms with Crippen molar-refractivity contribution in [2.45, 2.75) is 43.1 Å². The molecule has 20 heavy (non-hydrogen) atoms. The van der Waals surface area contributed by atoms with Crippen LogP contribution < -0.4 is 5.32 Å². The monoisotopic (exact) mass is 293 g/mol. The van der Waals surface area contributed by atoms with Gasteiger partial charge in [-0.05, 0) is 37.3 Å². The lowest BCUT2D eigenvalue weighted by molar-refractivity contribution is -0.121. The van der Waals surface area contributed by atoms with Crippen LogP contribution in [0.25, 0.3) is 0 Å². The van der Waals surface area contributed by atoms with Gasteiger partial charge in [0.1, 0.15) is 0 Å². The van der Waals surface area contributed by atoms with Crippen molar-refractivity contribution in [3.05, 3.63) is 30.3 Å². The van der Waals surface area contributed by atoms with Gasteiger partial charge in [0.05, 0.1) is 6.10 Å². The molecule has 1 aliphatic rings. The second-order valence-corrected chi connectivity index (χ2v) is 6.57. The van der Waals surface area contributed by atoms with Crippen LogP contribution in [0.5, 0.6) is 0 Å². The predicted octanol–water partition coefficient (Wildman–Crippen LogP) is 2.84. The average Bonchev–Trinajstić information content (AvgIpc) is 2.46. The normalized spacial score (nSPS) is 22.4. The quantitative estimate of drug-likeness (QED) is 0.793. The molecule has 2 rings (SSSR count). The standard InChI is InChI=1S/C16H23NO2S/c18-14-6-4-5-13(11-14)12-17-16(19)9-10-20-15-7-2-1-3-8-15/h1-3,7-8,13-14,18H,4-6,9-12H2,(H,17,19). The zero-order valence-electron chi connectivity index (χ0n) is 11.8. The second-order valence-electron chi connectivity index (χ2n) is 5.40. The Labute approximate surface area is 125 Å². The number of nitrogens with one attached hydrogen (secondary N) is 1. The lowest BCUT2D eigenvalue weighted by Gasteiger charge is -2.25. The van der Waals surface area contributed by atoms with Crippen molar-refractivity contribution in [2.24, 2.45) is 5.92 Å². The molecule has 2 N–H and O–H groups in total. The van der Waals surface area contributed by atoms with Crippen LogP contribution in [-0.4, -0.2) is 29.4 Å². The van der Waals surface area contributed by atoms with E-state index in [4.69, 9.17) is 0 Å². The summed E-state index contributed by atoms with van der Waals surface area (Å²) in [5, 5.41) is 12.6. The van der Waals surface area contributed by atoms with Gasteiger partial charge in [-0.2, -0.15) is 0 Å². The Morgan fingerprint density at radius 3 is 2.85 bits per heavy atom. The van der Waals surface area contributed by atoms with Gasteiger partial charge in [-0.15, -0.1) is 11.8 Å². The number of rotatable bonds is 6. The predicted molar refractivity (Wildman–Crippen MR) is 82.8 cm³/mol. The van der Waals surface area contributed by atoms with Crippen molar-refractivity contribution in [1.29, 1.82) is 0 Å². The van der Waals surface area contributed by atoms with Crippen molar-refractivity contribution in [2.75, 3.05) is 12.3 Å². The van der Waals surface area contributed by atoms with Crippen molar-refractivity contribution in [3.8, 4) is 0 Å². The van der Waals surface area contributed by atoms with Crippen LogP contribution in [-0.2, 0) is 4.79 Å². The Balaban J connectivity index is 1.58. The fourth-order valence-electron chi connectivity index (χ4n) is 2.57. The molecule has 0 aliphatic heterocycles. The maximum atomic E-state index is 11.8. The number of benzene rings is 1. The summed E-state index contributed by atoms with van der Waals surface area (Å²) in [5.74, 6) is 1.38. The van der Waals surface area contributed by atoms with E-state index in [1.807, 2.05) is 18.2 Å². The average molecular weight is 293 g/mol. The molecular formula is C16H23NO2S. The highest BCUT2D eigenvalue weighted by molar-refractivity contribution is 7.99. The molecule has 1 aliphatic carbocycles. The molecule has 1 aromatic carbocycles. The van der Waals surface area contributed by atoms with Crippen LogP contribution in [0.3, 0.4) is 0 Å². The Kier molecular flexibility index (Phi) is 6.40. The molecule has 0 spiro atoms. The van der Waals surface area contributed by atoms with Crippen LogP contribution in [0.15, 0.2) is 35.2 Å². The summed E-state index contributed by atoms with van der Waals surface area (Å²) in [6.45, 7) is 0.714. The third kappa shape index (κ3) is 5.55. The number of carbonyl (C=O) groups is 1. The van der Waals surface area contributed by atoms with E-state index in [1.165, 1.54) is 4.90 Å². The lowest BCUT2D eigenvalue weighted by Crippen LogP contribution is -2.33. The van der Waals surface area contributed by atoms with Gasteiger partial charge in [0.15, 0.2) is 0 Å². The molecule has 1 fully saturated rings. The van der Waals surface area contributed by atoms with E-state index >= 15 is 0 Å². The summed E-state index contributed by atoms with van der Waals surface area (Å²) >= 11 is 1.71. The largest absolute Gasteiger partial charge is 0.393 e. The summed E-state index contributed by atoms with van der Waals surface area (Å²) in [5.41, 5.74) is 0. The highest BCUT2D eigenvalue weighted by Gasteiger charge is 2.20. The first kappa shape index (κ1) is 15.4. The van der Waals surface area contributed by atoms with E-state index in [2.05, 4.69) is 17.4 Å². The zero-order valence-corrected chi connectivity index (χ0v) is 12.6. The number of hydrogen-bond donors (Lipinski definition) is 2. The van der Waals surface area contributed by atoms with Crippen LogP contribution in [0, 0.1) is 5.92 Å². The lowest BCUT2D eigenvalue weighted by atomic mass is 9.87. The molecule has 1 amide bonds. The summed E-state index contributed by atoms with van der Waals surface area (Å²) in [6.07, 6.45) is 4.33. The number of aliphatic hydroxyl groups is 1. The van der Waals surface area contributed by atoms with Gasteiger partial charge in [-0.25, -0.2) is 0 Å². The highest BCUT2D eigenvalue weighted by Crippen LogP contribution is 2.23. The number of thioether (sulfide) groups is 1. The van der Waals surface area contributed by atoms with Crippen molar-refractivity contribution < 1.29 is 9.90 Å². The van der Waals surface area contributed by atoms with Crippen molar-refractivity contribution in [1.82, 2.24) is 5.32 Å². The molecule has 1 aromatic rings. The minimum atomic E-state index is -0.167. The number of hydrogen-bond acceptors (Lipinski definition) is 3. The minimum Gasteiger partial charge on any atom is -0.393 e. The van der Waals surface area contributed by atoms with Gasteiger partial charge in [0.25, 0.3) is 0 Å². The van der Waals surface area contributed by atoms with E-state index < -0.39 is 0 Å². The molecule has 4 heteroatoms. The second kappa shape index (κ2) is 8.32. The van der Waals surface area contributed by atoms with Crippen molar-refractivity contribution in [3.63, 3.8) is 0 Å². The van der Waals surface area contributed by atoms with Gasteiger partial charge in [0.2, 0.25) is 5.91 Å². The Bertz CT molecular complexity index is 410. The molecule has 110 valence electrons. The summed E-state index contributed by atoms with van der Waals surface area (Å²) in [4.78, 5) is 13.0. The maximum Gasteiger partial charge on any atom is 0.220 e. The molecule has 0 saturated heterocycles. The zero-order chi connectivity index (χ0) is 14.2. The maximum absolute atomic E-state index is 11.8. The summed E-state index contributed by atoms with van der Waals surface area (Å²) in [6, 6.07) is 10.1.